The van der Waals surface area contributed by atoms with E-state index in [0.29, 0.717) is 6.42 Å². The summed E-state index contributed by atoms with van der Waals surface area (Å²) >= 11 is 0. The zero-order chi connectivity index (χ0) is 13.2. The first kappa shape index (κ1) is 11.9. The van der Waals surface area contributed by atoms with E-state index >= 15 is 0 Å². The molecule has 0 saturated heterocycles. The number of carbonyl (C=O) groups is 1. The maximum atomic E-state index is 12.0. The highest BCUT2D eigenvalue weighted by molar-refractivity contribution is 6.00. The van der Waals surface area contributed by atoms with Crippen molar-refractivity contribution in [2.45, 2.75) is 18.3 Å². The van der Waals surface area contributed by atoms with Crippen molar-refractivity contribution in [3.63, 3.8) is 0 Å². The molecule has 0 N–H and O–H groups in total. The van der Waals surface area contributed by atoms with Gasteiger partial charge in [0, 0.05) is 18.3 Å². The van der Waals surface area contributed by atoms with Crippen LogP contribution in [0.25, 0.3) is 0 Å². The van der Waals surface area contributed by atoms with Crippen LogP contribution in [-0.4, -0.2) is 5.78 Å². The SMILES string of the molecule is C=C1C(=O)C[C@H](c2ccccc2)[C@H]1c1ccccc1. The van der Waals surface area contributed by atoms with Gasteiger partial charge in [0.25, 0.3) is 0 Å². The number of rotatable bonds is 2. The Labute approximate surface area is 113 Å². The highest BCUT2D eigenvalue weighted by Crippen LogP contribution is 2.46. The Balaban J connectivity index is 2.04. The second-order valence-corrected chi connectivity index (χ2v) is 5.06. The molecule has 2 atom stereocenters. The molecule has 1 saturated carbocycles. The molecule has 0 spiro atoms. The molecule has 0 aliphatic heterocycles. The molecule has 0 amide bonds. The first-order valence-corrected chi connectivity index (χ1v) is 6.59. The van der Waals surface area contributed by atoms with Crippen LogP contribution in [0.5, 0.6) is 0 Å². The number of ketones is 1. The van der Waals surface area contributed by atoms with Crippen LogP contribution in [0.15, 0.2) is 72.8 Å². The van der Waals surface area contributed by atoms with Gasteiger partial charge >= 0.3 is 0 Å². The topological polar surface area (TPSA) is 17.1 Å². The van der Waals surface area contributed by atoms with E-state index in [1.54, 1.807) is 0 Å². The van der Waals surface area contributed by atoms with Crippen LogP contribution >= 0.6 is 0 Å². The fourth-order valence-electron chi connectivity index (χ4n) is 2.97. The molecule has 0 bridgehead atoms. The predicted molar refractivity (Wildman–Crippen MR) is 77.1 cm³/mol. The molecule has 1 aliphatic rings. The van der Waals surface area contributed by atoms with Crippen LogP contribution in [-0.2, 0) is 4.79 Å². The Morgan fingerprint density at radius 3 is 1.95 bits per heavy atom. The molecule has 1 nitrogen and oxygen atoms in total. The molecule has 1 fully saturated rings. The fraction of sp³-hybridized carbons (Fsp3) is 0.167. The maximum absolute atomic E-state index is 12.0. The number of hydrogen-bond donors (Lipinski definition) is 0. The lowest BCUT2D eigenvalue weighted by Gasteiger charge is -2.20. The zero-order valence-corrected chi connectivity index (χ0v) is 10.8. The van der Waals surface area contributed by atoms with Crippen molar-refractivity contribution < 1.29 is 4.79 Å². The van der Waals surface area contributed by atoms with Crippen molar-refractivity contribution in [2.24, 2.45) is 0 Å². The fourth-order valence-corrected chi connectivity index (χ4v) is 2.97. The highest BCUT2D eigenvalue weighted by Gasteiger charge is 2.38. The third-order valence-corrected chi connectivity index (χ3v) is 3.93. The molecule has 1 aliphatic carbocycles. The van der Waals surface area contributed by atoms with Crippen LogP contribution in [0.1, 0.15) is 29.4 Å². The maximum Gasteiger partial charge on any atom is 0.159 e. The summed E-state index contributed by atoms with van der Waals surface area (Å²) in [5.74, 6) is 0.544. The van der Waals surface area contributed by atoms with E-state index in [0.717, 1.165) is 5.57 Å². The lowest BCUT2D eigenvalue weighted by molar-refractivity contribution is -0.114. The van der Waals surface area contributed by atoms with E-state index in [4.69, 9.17) is 0 Å². The lowest BCUT2D eigenvalue weighted by atomic mass is 9.83. The zero-order valence-electron chi connectivity index (χ0n) is 10.8. The molecule has 2 aromatic carbocycles. The predicted octanol–water partition coefficient (Wildman–Crippen LogP) is 4.08. The number of hydrogen-bond acceptors (Lipinski definition) is 1. The van der Waals surface area contributed by atoms with Gasteiger partial charge in [0.2, 0.25) is 0 Å². The Kier molecular flexibility index (Phi) is 3.04. The van der Waals surface area contributed by atoms with Gasteiger partial charge in [0.1, 0.15) is 0 Å². The average molecular weight is 248 g/mol. The first-order chi connectivity index (χ1) is 9.27. The summed E-state index contributed by atoms with van der Waals surface area (Å²) in [5, 5.41) is 0. The summed E-state index contributed by atoms with van der Waals surface area (Å²) in [7, 11) is 0. The number of allylic oxidation sites excluding steroid dienone is 1. The summed E-state index contributed by atoms with van der Waals surface area (Å²) in [5.41, 5.74) is 3.16. The number of carbonyl (C=O) groups excluding carboxylic acids is 1. The van der Waals surface area contributed by atoms with Crippen LogP contribution in [0.4, 0.5) is 0 Å². The first-order valence-electron chi connectivity index (χ1n) is 6.59. The molecule has 2 aromatic rings. The lowest BCUT2D eigenvalue weighted by Crippen LogP contribution is -2.05. The quantitative estimate of drug-likeness (QED) is 0.732. The minimum atomic E-state index is 0.121. The van der Waals surface area contributed by atoms with Crippen molar-refractivity contribution >= 4 is 5.78 Å². The van der Waals surface area contributed by atoms with Gasteiger partial charge in [-0.05, 0) is 16.7 Å². The van der Waals surface area contributed by atoms with Gasteiger partial charge in [0.05, 0.1) is 0 Å². The Morgan fingerprint density at radius 1 is 0.842 bits per heavy atom. The molecule has 0 unspecified atom stereocenters. The third kappa shape index (κ3) is 2.12. The largest absolute Gasteiger partial charge is 0.295 e. The minimum absolute atomic E-state index is 0.121. The van der Waals surface area contributed by atoms with Gasteiger partial charge in [-0.25, -0.2) is 0 Å². The molecule has 3 rings (SSSR count). The Bertz CT molecular complexity index is 598. The minimum Gasteiger partial charge on any atom is -0.295 e. The third-order valence-electron chi connectivity index (χ3n) is 3.93. The summed E-state index contributed by atoms with van der Waals surface area (Å²) in [6, 6.07) is 20.5. The van der Waals surface area contributed by atoms with E-state index in [1.807, 2.05) is 36.4 Å². The molecule has 1 heteroatoms. The van der Waals surface area contributed by atoms with Crippen molar-refractivity contribution in [1.29, 1.82) is 0 Å². The average Bonchev–Trinajstić information content (AvgIpc) is 2.77. The molecular weight excluding hydrogens is 232 g/mol. The second-order valence-electron chi connectivity index (χ2n) is 5.06. The Hall–Kier alpha value is -2.15. The summed E-state index contributed by atoms with van der Waals surface area (Å²) in [6.45, 7) is 4.02. The van der Waals surface area contributed by atoms with E-state index < -0.39 is 0 Å². The van der Waals surface area contributed by atoms with Gasteiger partial charge in [-0.2, -0.15) is 0 Å². The monoisotopic (exact) mass is 248 g/mol. The standard InChI is InChI=1S/C18H16O/c1-13-17(19)12-16(14-8-4-2-5-9-14)18(13)15-10-6-3-7-11-15/h2-11,16,18H,1,12H2/t16-,18-/m1/s1. The molecule has 94 valence electrons. The molecule has 0 radical (unpaired) electrons. The highest BCUT2D eigenvalue weighted by atomic mass is 16.1. The molecule has 0 heterocycles. The smallest absolute Gasteiger partial charge is 0.159 e. The molecular formula is C18H16O. The summed E-state index contributed by atoms with van der Waals surface area (Å²) in [4.78, 5) is 12.0. The van der Waals surface area contributed by atoms with Crippen molar-refractivity contribution in [2.75, 3.05) is 0 Å². The van der Waals surface area contributed by atoms with Crippen molar-refractivity contribution in [1.82, 2.24) is 0 Å². The van der Waals surface area contributed by atoms with Crippen molar-refractivity contribution in [3.8, 4) is 0 Å². The van der Waals surface area contributed by atoms with Crippen LogP contribution in [0, 0.1) is 0 Å². The number of benzene rings is 2. The summed E-state index contributed by atoms with van der Waals surface area (Å²) in [6.07, 6.45) is 0.572. The van der Waals surface area contributed by atoms with E-state index in [1.165, 1.54) is 11.1 Å². The molecule has 19 heavy (non-hydrogen) atoms. The Morgan fingerprint density at radius 2 is 1.37 bits per heavy atom. The normalized spacial score (nSPS) is 22.7. The molecule has 0 aromatic heterocycles. The van der Waals surface area contributed by atoms with Gasteiger partial charge in [-0.3, -0.25) is 4.79 Å². The van der Waals surface area contributed by atoms with E-state index in [9.17, 15) is 4.79 Å². The summed E-state index contributed by atoms with van der Waals surface area (Å²) < 4.78 is 0. The second kappa shape index (κ2) is 4.85. The van der Waals surface area contributed by atoms with Crippen molar-refractivity contribution in [3.05, 3.63) is 83.9 Å². The van der Waals surface area contributed by atoms with E-state index in [-0.39, 0.29) is 17.6 Å². The van der Waals surface area contributed by atoms with Gasteiger partial charge in [-0.15, -0.1) is 0 Å². The van der Waals surface area contributed by atoms with Gasteiger partial charge in [0.15, 0.2) is 5.78 Å². The van der Waals surface area contributed by atoms with Crippen LogP contribution < -0.4 is 0 Å². The number of Topliss-reactive ketones (excluding diaryl/α,β-unsaturated/α-hetero) is 1. The van der Waals surface area contributed by atoms with Gasteiger partial charge in [-0.1, -0.05) is 67.2 Å². The van der Waals surface area contributed by atoms with Crippen LogP contribution in [0.2, 0.25) is 0 Å². The van der Waals surface area contributed by atoms with Gasteiger partial charge < -0.3 is 0 Å². The van der Waals surface area contributed by atoms with Crippen LogP contribution in [0.3, 0.4) is 0 Å². The van der Waals surface area contributed by atoms with E-state index in [2.05, 4.69) is 30.8 Å².